The first-order chi connectivity index (χ1) is 13.4. The van der Waals surface area contributed by atoms with Gasteiger partial charge in [-0.3, -0.25) is 19.6 Å². The van der Waals surface area contributed by atoms with Crippen LogP contribution in [0.15, 0.2) is 69.2 Å². The number of aromatic amines is 1. The van der Waals surface area contributed by atoms with Crippen molar-refractivity contribution in [1.29, 1.82) is 0 Å². The molecule has 0 saturated heterocycles. The second kappa shape index (κ2) is 7.75. The van der Waals surface area contributed by atoms with E-state index in [1.807, 2.05) is 0 Å². The Balaban J connectivity index is 2.17. The molecular formula is C20H18N4O4. The van der Waals surface area contributed by atoms with Gasteiger partial charge in [0.15, 0.2) is 0 Å². The van der Waals surface area contributed by atoms with Gasteiger partial charge in [0.05, 0.1) is 22.8 Å². The molecule has 142 valence electrons. The Morgan fingerprint density at radius 2 is 1.68 bits per heavy atom. The van der Waals surface area contributed by atoms with E-state index < -0.39 is 17.1 Å². The van der Waals surface area contributed by atoms with E-state index in [2.05, 4.69) is 15.3 Å². The number of aliphatic imine (C=N–C) groups is 1. The summed E-state index contributed by atoms with van der Waals surface area (Å²) in [7, 11) is 0. The molecule has 0 aliphatic rings. The maximum atomic E-state index is 12.4. The van der Waals surface area contributed by atoms with Gasteiger partial charge in [-0.15, -0.1) is 0 Å². The predicted molar refractivity (Wildman–Crippen MR) is 107 cm³/mol. The number of nitrogens with zero attached hydrogens (tertiary/aromatic N) is 2. The molecule has 0 unspecified atom stereocenters. The number of rotatable bonds is 4. The summed E-state index contributed by atoms with van der Waals surface area (Å²) in [6.45, 7) is 2.91. The van der Waals surface area contributed by atoms with Crippen LogP contribution in [0.4, 0.5) is 11.4 Å². The molecule has 1 heterocycles. The highest BCUT2D eigenvalue weighted by molar-refractivity contribution is 6.03. The summed E-state index contributed by atoms with van der Waals surface area (Å²) in [6, 6.07) is 15.2. The summed E-state index contributed by atoms with van der Waals surface area (Å²) < 4.78 is 0.996. The molecule has 0 aliphatic carbocycles. The fourth-order valence-electron chi connectivity index (χ4n) is 2.77. The molecule has 3 rings (SSSR count). The van der Waals surface area contributed by atoms with Crippen LogP contribution in [-0.2, 0) is 4.79 Å². The van der Waals surface area contributed by atoms with Crippen LogP contribution in [-0.4, -0.2) is 26.3 Å². The molecule has 8 nitrogen and oxygen atoms in total. The van der Waals surface area contributed by atoms with E-state index in [0.717, 1.165) is 4.57 Å². The second-order valence-electron chi connectivity index (χ2n) is 6.02. The van der Waals surface area contributed by atoms with Gasteiger partial charge in [0.2, 0.25) is 11.8 Å². The number of amides is 1. The third-order valence-corrected chi connectivity index (χ3v) is 3.97. The number of aromatic hydroxyl groups is 1. The average Bonchev–Trinajstić information content (AvgIpc) is 2.63. The number of anilines is 1. The largest absolute Gasteiger partial charge is 0.493 e. The second-order valence-corrected chi connectivity index (χ2v) is 6.02. The van der Waals surface area contributed by atoms with Crippen LogP contribution in [0.25, 0.3) is 5.69 Å². The van der Waals surface area contributed by atoms with Crippen molar-refractivity contribution < 1.29 is 9.90 Å². The van der Waals surface area contributed by atoms with Gasteiger partial charge in [-0.25, -0.2) is 9.36 Å². The molecule has 1 amide bonds. The normalized spacial score (nSPS) is 11.3. The van der Waals surface area contributed by atoms with E-state index in [4.69, 9.17) is 0 Å². The molecule has 0 fully saturated rings. The van der Waals surface area contributed by atoms with Crippen molar-refractivity contribution in [3.05, 3.63) is 81.0 Å². The molecule has 1 aromatic heterocycles. The zero-order valence-corrected chi connectivity index (χ0v) is 15.3. The third-order valence-electron chi connectivity index (χ3n) is 3.97. The summed E-state index contributed by atoms with van der Waals surface area (Å²) in [5, 5.41) is 13.3. The molecule has 8 heteroatoms. The van der Waals surface area contributed by atoms with E-state index >= 15 is 0 Å². The molecule has 0 saturated carbocycles. The van der Waals surface area contributed by atoms with Crippen LogP contribution in [0.3, 0.4) is 0 Å². The van der Waals surface area contributed by atoms with E-state index in [1.54, 1.807) is 54.6 Å². The first-order valence-corrected chi connectivity index (χ1v) is 8.44. The Labute approximate surface area is 159 Å². The monoisotopic (exact) mass is 378 g/mol. The van der Waals surface area contributed by atoms with E-state index in [-0.39, 0.29) is 17.2 Å². The summed E-state index contributed by atoms with van der Waals surface area (Å²) in [6.07, 6.45) is 0. The number of carbonyl (C=O) groups excluding carboxylic acids is 1. The molecule has 0 aliphatic heterocycles. The lowest BCUT2D eigenvalue weighted by atomic mass is 10.2. The van der Waals surface area contributed by atoms with Crippen molar-refractivity contribution in [2.75, 3.05) is 5.32 Å². The average molecular weight is 378 g/mol. The minimum atomic E-state index is -0.760. The number of H-pyrrole nitrogens is 1. The Morgan fingerprint density at radius 3 is 2.36 bits per heavy atom. The SMILES string of the molecule is CC(=O)Nc1ccccc1N=C(C)c1c(O)n(-c2ccccc2)c(=O)[nH]c1=O. The quantitative estimate of drug-likeness (QED) is 0.604. The zero-order valence-electron chi connectivity index (χ0n) is 15.3. The number of nitrogens with one attached hydrogen (secondary N) is 2. The summed E-state index contributed by atoms with van der Waals surface area (Å²) >= 11 is 0. The molecule has 2 aromatic carbocycles. The van der Waals surface area contributed by atoms with Crippen LogP contribution in [0, 0.1) is 0 Å². The minimum absolute atomic E-state index is 0.138. The van der Waals surface area contributed by atoms with Crippen molar-refractivity contribution in [1.82, 2.24) is 9.55 Å². The molecule has 0 radical (unpaired) electrons. The minimum Gasteiger partial charge on any atom is -0.493 e. The van der Waals surface area contributed by atoms with E-state index in [0.29, 0.717) is 17.1 Å². The topological polar surface area (TPSA) is 117 Å². The van der Waals surface area contributed by atoms with Crippen molar-refractivity contribution in [3.63, 3.8) is 0 Å². The number of para-hydroxylation sites is 3. The Kier molecular flexibility index (Phi) is 5.21. The summed E-state index contributed by atoms with van der Waals surface area (Å²) in [5.74, 6) is -0.781. The molecule has 0 spiro atoms. The standard InChI is InChI=1S/C20H18N4O4/c1-12(21-15-10-6-7-11-16(15)22-13(2)25)17-18(26)23-20(28)24(19(17)27)14-8-4-3-5-9-14/h3-11,27H,1-2H3,(H,22,25)(H,23,26,28). The maximum absolute atomic E-state index is 12.4. The predicted octanol–water partition coefficient (Wildman–Crippen LogP) is 2.33. The molecule has 0 atom stereocenters. The molecular weight excluding hydrogens is 360 g/mol. The lowest BCUT2D eigenvalue weighted by Gasteiger charge is -2.12. The van der Waals surface area contributed by atoms with Crippen LogP contribution < -0.4 is 16.6 Å². The van der Waals surface area contributed by atoms with Crippen molar-refractivity contribution in [2.24, 2.45) is 4.99 Å². The van der Waals surface area contributed by atoms with Gasteiger partial charge in [-0.2, -0.15) is 0 Å². The van der Waals surface area contributed by atoms with E-state index in [9.17, 15) is 19.5 Å². The van der Waals surface area contributed by atoms with Gasteiger partial charge in [0.1, 0.15) is 5.56 Å². The Bertz CT molecular complexity index is 1180. The van der Waals surface area contributed by atoms with Crippen LogP contribution in [0.5, 0.6) is 5.88 Å². The van der Waals surface area contributed by atoms with Gasteiger partial charge in [0.25, 0.3) is 5.56 Å². The number of hydrogen-bond acceptors (Lipinski definition) is 5. The van der Waals surface area contributed by atoms with Gasteiger partial charge in [0, 0.05) is 6.92 Å². The van der Waals surface area contributed by atoms with Crippen molar-refractivity contribution in [2.45, 2.75) is 13.8 Å². The van der Waals surface area contributed by atoms with E-state index in [1.165, 1.54) is 13.8 Å². The first-order valence-electron chi connectivity index (χ1n) is 8.44. The molecule has 0 bridgehead atoms. The number of hydrogen-bond donors (Lipinski definition) is 3. The van der Waals surface area contributed by atoms with Gasteiger partial charge >= 0.3 is 5.69 Å². The fourth-order valence-corrected chi connectivity index (χ4v) is 2.77. The summed E-state index contributed by atoms with van der Waals surface area (Å²) in [4.78, 5) is 42.5. The zero-order chi connectivity index (χ0) is 20.3. The van der Waals surface area contributed by atoms with Crippen LogP contribution in [0.1, 0.15) is 19.4 Å². The highest BCUT2D eigenvalue weighted by Gasteiger charge is 2.18. The lowest BCUT2D eigenvalue weighted by Crippen LogP contribution is -2.32. The number of carbonyl (C=O) groups is 1. The van der Waals surface area contributed by atoms with Gasteiger partial charge in [-0.1, -0.05) is 30.3 Å². The first kappa shape index (κ1) is 18.8. The third kappa shape index (κ3) is 3.75. The highest BCUT2D eigenvalue weighted by atomic mass is 16.3. The van der Waals surface area contributed by atoms with Crippen molar-refractivity contribution >= 4 is 23.0 Å². The van der Waals surface area contributed by atoms with Crippen LogP contribution in [0.2, 0.25) is 0 Å². The highest BCUT2D eigenvalue weighted by Crippen LogP contribution is 2.26. The Hall–Kier alpha value is -3.94. The smallest absolute Gasteiger partial charge is 0.335 e. The van der Waals surface area contributed by atoms with Crippen molar-refractivity contribution in [3.8, 4) is 11.6 Å². The fraction of sp³-hybridized carbons (Fsp3) is 0.100. The molecule has 3 N–H and O–H groups in total. The molecule has 3 aromatic rings. The van der Waals surface area contributed by atoms with Gasteiger partial charge in [-0.05, 0) is 31.2 Å². The maximum Gasteiger partial charge on any atom is 0.335 e. The summed E-state index contributed by atoms with van der Waals surface area (Å²) in [5.41, 5.74) is -0.207. The lowest BCUT2D eigenvalue weighted by molar-refractivity contribution is -0.114. The van der Waals surface area contributed by atoms with Gasteiger partial charge < -0.3 is 10.4 Å². The Morgan fingerprint density at radius 1 is 1.04 bits per heavy atom. The molecule has 28 heavy (non-hydrogen) atoms. The number of benzene rings is 2. The van der Waals surface area contributed by atoms with Crippen LogP contribution >= 0.6 is 0 Å². The number of aromatic nitrogens is 2.